The summed E-state index contributed by atoms with van der Waals surface area (Å²) in [5, 5.41) is 13.6. The number of aromatic nitrogens is 4. The molecule has 0 radical (unpaired) electrons. The number of fused-ring (bicyclic) bond motifs is 4. The van der Waals surface area contributed by atoms with Gasteiger partial charge in [0.1, 0.15) is 0 Å². The Labute approximate surface area is 324 Å². The summed E-state index contributed by atoms with van der Waals surface area (Å²) >= 11 is 0. The van der Waals surface area contributed by atoms with Crippen molar-refractivity contribution in [3.63, 3.8) is 0 Å². The summed E-state index contributed by atoms with van der Waals surface area (Å²) in [6.07, 6.45) is 28.8. The van der Waals surface area contributed by atoms with Crippen molar-refractivity contribution in [2.75, 3.05) is 0 Å². The van der Waals surface area contributed by atoms with E-state index in [2.05, 4.69) is 170 Å². The molecule has 0 N–H and O–H groups in total. The Morgan fingerprint density at radius 1 is 0.660 bits per heavy atom. The molecule has 262 valence electrons. The predicted molar refractivity (Wildman–Crippen MR) is 207 cm³/mol. The van der Waals surface area contributed by atoms with Crippen molar-refractivity contribution in [2.24, 2.45) is 16.9 Å². The first-order chi connectivity index (χ1) is 25.7. The second-order valence-corrected chi connectivity index (χ2v) is 13.6. The summed E-state index contributed by atoms with van der Waals surface area (Å²) in [5.74, 6) is 0.753. The van der Waals surface area contributed by atoms with Crippen LogP contribution < -0.4 is 0 Å². The minimum Gasteiger partial charge on any atom is -0.470 e. The van der Waals surface area contributed by atoms with Crippen LogP contribution in [-0.2, 0) is 46.3 Å². The molecule has 4 aliphatic rings. The van der Waals surface area contributed by atoms with Gasteiger partial charge in [0, 0.05) is 36.7 Å². The minimum absolute atomic E-state index is 0. The Kier molecular flexibility index (Phi) is 10.2. The van der Waals surface area contributed by atoms with Crippen LogP contribution in [0.25, 0.3) is 21.8 Å². The molecule has 7 nitrogen and oxygen atoms in total. The van der Waals surface area contributed by atoms with Gasteiger partial charge in [-0.25, -0.2) is 0 Å². The number of para-hydroxylation sites is 2. The third-order valence-corrected chi connectivity index (χ3v) is 10.1. The summed E-state index contributed by atoms with van der Waals surface area (Å²) in [6.45, 7) is 3.05. The summed E-state index contributed by atoms with van der Waals surface area (Å²) in [5.41, 5.74) is 6.79. The summed E-state index contributed by atoms with van der Waals surface area (Å²) < 4.78 is 4.24. The number of benzene rings is 3. The Hall–Kier alpha value is -5.56. The van der Waals surface area contributed by atoms with Crippen molar-refractivity contribution >= 4 is 28.0 Å². The van der Waals surface area contributed by atoms with Crippen LogP contribution in [0.4, 0.5) is 0 Å². The maximum atomic E-state index is 4.89. The molecule has 8 heteroatoms. The molecule has 10 rings (SSSR count). The first-order valence-electron chi connectivity index (χ1n) is 17.9. The molecule has 4 unspecified atom stereocenters. The number of rotatable bonds is 8. The van der Waals surface area contributed by atoms with Crippen LogP contribution in [-0.4, -0.2) is 47.5 Å². The summed E-state index contributed by atoms with van der Waals surface area (Å²) in [7, 11) is 0. The number of hydrogen-bond acceptors (Lipinski definition) is 5. The molecule has 6 aromatic rings. The molecular formula is C45H38IrN7. The fourth-order valence-corrected chi connectivity index (χ4v) is 7.42. The van der Waals surface area contributed by atoms with Gasteiger partial charge in [0.15, 0.2) is 0 Å². The van der Waals surface area contributed by atoms with E-state index in [1.54, 1.807) is 0 Å². The second kappa shape index (κ2) is 15.6. The molecule has 0 spiro atoms. The second-order valence-electron chi connectivity index (χ2n) is 13.6. The van der Waals surface area contributed by atoms with Crippen LogP contribution >= 0.6 is 0 Å². The topological polar surface area (TPSA) is 54.5 Å². The Morgan fingerprint density at radius 3 is 2.30 bits per heavy atom. The van der Waals surface area contributed by atoms with Gasteiger partial charge in [-0.3, -0.25) is 14.7 Å². The van der Waals surface area contributed by atoms with Crippen LogP contribution in [0.3, 0.4) is 0 Å². The van der Waals surface area contributed by atoms with Crippen LogP contribution in [0.2, 0.25) is 0 Å². The first-order valence-corrected chi connectivity index (χ1v) is 17.9. The molecule has 4 atom stereocenters. The molecule has 0 bridgehead atoms. The molecule has 3 aromatic heterocycles. The van der Waals surface area contributed by atoms with Gasteiger partial charge in [0.05, 0.1) is 42.2 Å². The maximum Gasteiger partial charge on any atom is 3.00 e. The fraction of sp³-hybridized carbons (Fsp3) is 0.178. The average molecular weight is 869 g/mol. The number of hydrazone groups is 1. The molecule has 2 aliphatic carbocycles. The van der Waals surface area contributed by atoms with Crippen molar-refractivity contribution in [3.05, 3.63) is 193 Å². The molecule has 0 amide bonds. The van der Waals surface area contributed by atoms with Gasteiger partial charge in [-0.1, -0.05) is 90.6 Å². The van der Waals surface area contributed by atoms with Gasteiger partial charge >= 0.3 is 20.1 Å². The third kappa shape index (κ3) is 7.52. The maximum absolute atomic E-state index is 4.89. The summed E-state index contributed by atoms with van der Waals surface area (Å²) in [6, 6.07) is 36.8. The predicted octanol–water partition coefficient (Wildman–Crippen LogP) is 7.92. The standard InChI is InChI=1S/C23H19N3.C22H19N4.Ir/c1-3-10-22-18(6-1)12-14-25(22)16-20-8-5-9-21(24-20)17-26-15-13-19-7-2-4-11-23(19)26;1-3-10-21-19(8-1)13-23-25(21)15-17-6-5-7-18(12-17)16-26-22-11-4-2-9-20(22)14-24-26;/h1-11,14-15,18,22H,16-17H2;1-11,13-14,19,21H,15-16H2;/q-2;-1;+3. The minimum atomic E-state index is 0. The van der Waals surface area contributed by atoms with Gasteiger partial charge in [-0.2, -0.15) is 58.2 Å². The molecular weight excluding hydrogens is 831 g/mol. The summed E-state index contributed by atoms with van der Waals surface area (Å²) in [4.78, 5) is 7.20. The number of allylic oxidation sites excluding steroid dienone is 4. The van der Waals surface area contributed by atoms with Gasteiger partial charge < -0.3 is 15.5 Å². The van der Waals surface area contributed by atoms with Gasteiger partial charge in [-0.15, -0.1) is 29.2 Å². The van der Waals surface area contributed by atoms with Crippen molar-refractivity contribution in [3.8, 4) is 0 Å². The molecule has 5 heterocycles. The monoisotopic (exact) mass is 869 g/mol. The first kappa shape index (κ1) is 34.5. The Bertz CT molecular complexity index is 2230. The molecule has 0 fully saturated rings. The number of pyridine rings is 1. The van der Waals surface area contributed by atoms with E-state index in [0.717, 1.165) is 59.6 Å². The van der Waals surface area contributed by atoms with E-state index in [-0.39, 0.29) is 20.1 Å². The van der Waals surface area contributed by atoms with E-state index in [1.165, 1.54) is 10.9 Å². The van der Waals surface area contributed by atoms with Gasteiger partial charge in [0.25, 0.3) is 0 Å². The van der Waals surface area contributed by atoms with E-state index < -0.39 is 0 Å². The largest absolute Gasteiger partial charge is 3.00 e. The van der Waals surface area contributed by atoms with Crippen LogP contribution in [0, 0.1) is 30.0 Å². The molecule has 0 saturated heterocycles. The Balaban J connectivity index is 0.000000148. The molecule has 0 saturated carbocycles. The molecule has 2 aliphatic heterocycles. The third-order valence-electron chi connectivity index (χ3n) is 10.1. The van der Waals surface area contributed by atoms with E-state index in [9.17, 15) is 0 Å². The van der Waals surface area contributed by atoms with Crippen molar-refractivity contribution in [1.29, 1.82) is 0 Å². The fourth-order valence-electron chi connectivity index (χ4n) is 7.42. The molecule has 53 heavy (non-hydrogen) atoms. The van der Waals surface area contributed by atoms with E-state index in [4.69, 9.17) is 4.98 Å². The normalized spacial score (nSPS) is 20.5. The number of hydrogen-bond donors (Lipinski definition) is 0. The van der Waals surface area contributed by atoms with Crippen molar-refractivity contribution in [1.82, 2.24) is 29.2 Å². The van der Waals surface area contributed by atoms with Gasteiger partial charge in [-0.05, 0) is 18.2 Å². The van der Waals surface area contributed by atoms with Crippen LogP contribution in [0.1, 0.15) is 22.5 Å². The van der Waals surface area contributed by atoms with Gasteiger partial charge in [0.2, 0.25) is 0 Å². The van der Waals surface area contributed by atoms with Crippen LogP contribution in [0.5, 0.6) is 0 Å². The van der Waals surface area contributed by atoms with Crippen molar-refractivity contribution in [2.45, 2.75) is 38.3 Å². The quantitative estimate of drug-likeness (QED) is 0.146. The van der Waals surface area contributed by atoms with E-state index in [1.807, 2.05) is 35.4 Å². The van der Waals surface area contributed by atoms with Crippen molar-refractivity contribution < 1.29 is 20.1 Å². The SMILES string of the molecule is [C-]1=CN(Cc2cccc(Cn3c[c-]c4ccccc43)n2)C2C=CC=CC12.[Ir+3].[c-]1c(CN2N=CC3C=CC=CC32)cccc1Cn1ncc2ccccc21. The zero-order valence-electron chi connectivity index (χ0n) is 29.1. The zero-order valence-corrected chi connectivity index (χ0v) is 31.5. The van der Waals surface area contributed by atoms with Crippen LogP contribution in [0.15, 0.2) is 157 Å². The van der Waals surface area contributed by atoms with E-state index >= 15 is 0 Å². The smallest absolute Gasteiger partial charge is 0.470 e. The zero-order chi connectivity index (χ0) is 34.7. The average Bonchev–Trinajstić information content (AvgIpc) is 3.99. The van der Waals surface area contributed by atoms with E-state index in [0.29, 0.717) is 23.9 Å². The molecule has 3 aromatic carbocycles. The number of nitrogens with zero attached hydrogens (tertiary/aromatic N) is 7. The Morgan fingerprint density at radius 2 is 1.40 bits per heavy atom.